The average molecular weight is 459 g/mol. The lowest BCUT2D eigenvalue weighted by molar-refractivity contribution is -0.115. The van der Waals surface area contributed by atoms with E-state index in [-0.39, 0.29) is 50.3 Å². The number of halogens is 1. The van der Waals surface area contributed by atoms with Crippen molar-refractivity contribution in [3.05, 3.63) is 38.8 Å². The fourth-order valence-electron chi connectivity index (χ4n) is 3.88. The van der Waals surface area contributed by atoms with Gasteiger partial charge in [0, 0.05) is 12.0 Å². The molecule has 0 atom stereocenters. The molecule has 1 heterocycles. The van der Waals surface area contributed by atoms with Crippen LogP contribution in [-0.2, 0) is 29.9 Å². The Balaban J connectivity index is 2.27. The molecule has 0 unspecified atom stereocenters. The summed E-state index contributed by atoms with van der Waals surface area (Å²) in [6.45, 7) is 5.25. The smallest absolute Gasteiger partial charge is 0.199 e. The van der Waals surface area contributed by atoms with Gasteiger partial charge in [-0.2, -0.15) is 0 Å². The maximum Gasteiger partial charge on any atom is 0.199 e. The monoisotopic (exact) mass is 458 g/mol. The highest BCUT2D eigenvalue weighted by Gasteiger charge is 2.40. The Morgan fingerprint density at radius 2 is 1.86 bits per heavy atom. The molecule has 0 N–H and O–H groups in total. The number of fused-ring (bicyclic) bond motifs is 1. The van der Waals surface area contributed by atoms with Crippen LogP contribution in [0.2, 0.25) is 5.02 Å². The van der Waals surface area contributed by atoms with Crippen LogP contribution in [0.5, 0.6) is 0 Å². The third-order valence-corrected chi connectivity index (χ3v) is 9.94. The third kappa shape index (κ3) is 3.70. The van der Waals surface area contributed by atoms with Crippen LogP contribution in [0.4, 0.5) is 0 Å². The Morgan fingerprint density at radius 1 is 1.21 bits per heavy atom. The van der Waals surface area contributed by atoms with Crippen LogP contribution in [0.3, 0.4) is 0 Å². The van der Waals surface area contributed by atoms with E-state index < -0.39 is 36.7 Å². The van der Waals surface area contributed by atoms with Gasteiger partial charge >= 0.3 is 0 Å². The highest BCUT2D eigenvalue weighted by atomic mass is 35.5. The van der Waals surface area contributed by atoms with E-state index in [0.29, 0.717) is 18.4 Å². The van der Waals surface area contributed by atoms with Crippen molar-refractivity contribution in [3.63, 3.8) is 0 Å². The standard InChI is InChI=1S/C20H23ClO6S2/c1-4-28(24,25)15-7-5-6-14(22)16(15)18(23)12-8-9-13-19(17(12)21)29(26,27)11-10-20(13,2)3/h8-9H,4-7,10-11H2,1-3H3. The van der Waals surface area contributed by atoms with Gasteiger partial charge in [-0.05, 0) is 36.3 Å². The highest BCUT2D eigenvalue weighted by Crippen LogP contribution is 2.43. The minimum atomic E-state index is -3.75. The van der Waals surface area contributed by atoms with Crippen molar-refractivity contribution in [2.75, 3.05) is 11.5 Å². The number of allylic oxidation sites excluding steroid dienone is 2. The molecule has 6 nitrogen and oxygen atoms in total. The highest BCUT2D eigenvalue weighted by molar-refractivity contribution is 7.95. The van der Waals surface area contributed by atoms with E-state index in [2.05, 4.69) is 0 Å². The van der Waals surface area contributed by atoms with E-state index in [4.69, 9.17) is 11.6 Å². The molecule has 158 valence electrons. The zero-order valence-electron chi connectivity index (χ0n) is 16.5. The predicted molar refractivity (Wildman–Crippen MR) is 111 cm³/mol. The van der Waals surface area contributed by atoms with Crippen LogP contribution in [0, 0.1) is 0 Å². The van der Waals surface area contributed by atoms with Gasteiger partial charge in [0.15, 0.2) is 31.2 Å². The molecule has 0 amide bonds. The Kier molecular flexibility index (Phi) is 5.60. The zero-order valence-corrected chi connectivity index (χ0v) is 18.9. The van der Waals surface area contributed by atoms with Gasteiger partial charge in [-0.1, -0.05) is 38.4 Å². The van der Waals surface area contributed by atoms with Gasteiger partial charge in [0.25, 0.3) is 0 Å². The van der Waals surface area contributed by atoms with Gasteiger partial charge in [-0.15, -0.1) is 0 Å². The molecule has 1 aromatic carbocycles. The number of Topliss-reactive ketones (excluding diaryl/α,β-unsaturated/α-hetero) is 2. The number of carbonyl (C=O) groups excluding carboxylic acids is 2. The summed E-state index contributed by atoms with van der Waals surface area (Å²) in [5.41, 5.74) is -0.452. The molecule has 0 fully saturated rings. The van der Waals surface area contributed by atoms with Gasteiger partial charge in [0.2, 0.25) is 0 Å². The first-order chi connectivity index (χ1) is 13.3. The second-order valence-corrected chi connectivity index (χ2v) is 12.8. The number of benzene rings is 1. The maximum absolute atomic E-state index is 13.2. The topological polar surface area (TPSA) is 102 Å². The minimum absolute atomic E-state index is 0.0672. The number of sulfone groups is 2. The van der Waals surface area contributed by atoms with Crippen molar-refractivity contribution >= 4 is 42.8 Å². The summed E-state index contributed by atoms with van der Waals surface area (Å²) in [6, 6.07) is 2.95. The van der Waals surface area contributed by atoms with Crippen LogP contribution >= 0.6 is 11.6 Å². The molecule has 9 heteroatoms. The summed E-state index contributed by atoms with van der Waals surface area (Å²) in [5, 5.41) is -0.237. The lowest BCUT2D eigenvalue weighted by Gasteiger charge is -2.33. The minimum Gasteiger partial charge on any atom is -0.294 e. The number of ketones is 2. The Labute approximate surface area is 176 Å². The van der Waals surface area contributed by atoms with Gasteiger partial charge in [0.05, 0.1) is 31.9 Å². The molecule has 1 aliphatic heterocycles. The number of hydrogen-bond donors (Lipinski definition) is 0. The van der Waals surface area contributed by atoms with Crippen LogP contribution in [-0.4, -0.2) is 39.9 Å². The normalized spacial score (nSPS) is 21.0. The van der Waals surface area contributed by atoms with Gasteiger partial charge in [-0.3, -0.25) is 9.59 Å². The van der Waals surface area contributed by atoms with Crippen molar-refractivity contribution < 1.29 is 26.4 Å². The van der Waals surface area contributed by atoms with E-state index in [1.54, 1.807) is 6.07 Å². The lowest BCUT2D eigenvalue weighted by atomic mass is 9.81. The molecule has 3 rings (SSSR count). The maximum atomic E-state index is 13.2. The summed E-state index contributed by atoms with van der Waals surface area (Å²) >= 11 is 6.41. The molecule has 1 aliphatic carbocycles. The molecule has 0 saturated heterocycles. The number of carbonyl (C=O) groups is 2. The van der Waals surface area contributed by atoms with Crippen molar-refractivity contribution in [1.82, 2.24) is 0 Å². The van der Waals surface area contributed by atoms with E-state index >= 15 is 0 Å². The summed E-state index contributed by atoms with van der Waals surface area (Å²) in [4.78, 5) is 25.5. The van der Waals surface area contributed by atoms with E-state index in [1.807, 2.05) is 13.8 Å². The zero-order chi connectivity index (χ0) is 21.8. The molecule has 0 bridgehead atoms. The Morgan fingerprint density at radius 3 is 2.48 bits per heavy atom. The molecule has 0 aromatic heterocycles. The summed E-state index contributed by atoms with van der Waals surface area (Å²) in [7, 11) is -7.45. The van der Waals surface area contributed by atoms with Crippen molar-refractivity contribution in [2.24, 2.45) is 0 Å². The van der Waals surface area contributed by atoms with Crippen LogP contribution in [0.25, 0.3) is 0 Å². The molecule has 1 aromatic rings. The van der Waals surface area contributed by atoms with Gasteiger partial charge in [-0.25, -0.2) is 16.8 Å². The molecule has 2 aliphatic rings. The van der Waals surface area contributed by atoms with Crippen molar-refractivity contribution in [2.45, 2.75) is 56.8 Å². The molecule has 29 heavy (non-hydrogen) atoms. The largest absolute Gasteiger partial charge is 0.294 e. The molecular formula is C20H23ClO6S2. The van der Waals surface area contributed by atoms with Crippen LogP contribution < -0.4 is 0 Å². The van der Waals surface area contributed by atoms with Crippen LogP contribution in [0.1, 0.15) is 62.4 Å². The second-order valence-electron chi connectivity index (χ2n) is 8.06. The number of hydrogen-bond acceptors (Lipinski definition) is 6. The van der Waals surface area contributed by atoms with Crippen LogP contribution in [0.15, 0.2) is 27.5 Å². The molecule has 0 saturated carbocycles. The first-order valence-electron chi connectivity index (χ1n) is 9.43. The average Bonchev–Trinajstić information content (AvgIpc) is 2.64. The quantitative estimate of drug-likeness (QED) is 0.506. The molecular weight excluding hydrogens is 436 g/mol. The fourth-order valence-corrected chi connectivity index (χ4v) is 7.85. The molecule has 0 spiro atoms. The predicted octanol–water partition coefficient (Wildman–Crippen LogP) is 3.42. The fraction of sp³-hybridized carbons (Fsp3) is 0.500. The van der Waals surface area contributed by atoms with E-state index in [9.17, 15) is 26.4 Å². The first-order valence-corrected chi connectivity index (χ1v) is 13.1. The van der Waals surface area contributed by atoms with Gasteiger partial charge in [0.1, 0.15) is 0 Å². The van der Waals surface area contributed by atoms with Crippen molar-refractivity contribution in [3.8, 4) is 0 Å². The first kappa shape index (κ1) is 22.2. The molecule has 0 radical (unpaired) electrons. The number of rotatable bonds is 4. The second kappa shape index (κ2) is 7.32. The Hall–Kier alpha value is -1.51. The van der Waals surface area contributed by atoms with Gasteiger partial charge < -0.3 is 0 Å². The van der Waals surface area contributed by atoms with E-state index in [1.165, 1.54) is 13.0 Å². The SMILES string of the molecule is CCS(=O)(=O)C1=C(C(=O)c2ccc3c(c2Cl)S(=O)(=O)CCC3(C)C)C(=O)CCC1. The van der Waals surface area contributed by atoms with Crippen molar-refractivity contribution in [1.29, 1.82) is 0 Å². The lowest BCUT2D eigenvalue weighted by Crippen LogP contribution is -2.31. The summed E-state index contributed by atoms with van der Waals surface area (Å²) in [6.07, 6.45) is 0.952. The Bertz CT molecular complexity index is 1160. The third-order valence-electron chi connectivity index (χ3n) is 5.73. The van der Waals surface area contributed by atoms with E-state index in [0.717, 1.165) is 0 Å². The summed E-state index contributed by atoms with van der Waals surface area (Å²) < 4.78 is 50.3. The summed E-state index contributed by atoms with van der Waals surface area (Å²) in [5.74, 6) is -1.70.